The van der Waals surface area contributed by atoms with Gasteiger partial charge in [0.15, 0.2) is 6.10 Å². The van der Waals surface area contributed by atoms with Crippen LogP contribution in [0.1, 0.15) is 30.9 Å². The summed E-state index contributed by atoms with van der Waals surface area (Å²) >= 11 is 0. The summed E-state index contributed by atoms with van der Waals surface area (Å²) in [5, 5.41) is 2.89. The molecule has 2 aromatic carbocycles. The van der Waals surface area contributed by atoms with Crippen LogP contribution in [0.2, 0.25) is 0 Å². The number of hydrogen-bond acceptors (Lipinski definition) is 3. The Morgan fingerprint density at radius 3 is 2.73 bits per heavy atom. The Labute approximate surface area is 154 Å². The minimum Gasteiger partial charge on any atom is -0.490 e. The summed E-state index contributed by atoms with van der Waals surface area (Å²) in [6, 6.07) is 13.4. The molecular weight excluding hydrogens is 326 g/mol. The summed E-state index contributed by atoms with van der Waals surface area (Å²) in [5.74, 6) is 1.40. The van der Waals surface area contributed by atoms with Gasteiger partial charge in [0.1, 0.15) is 18.1 Å². The highest BCUT2D eigenvalue weighted by Gasteiger charge is 2.19. The molecule has 1 aliphatic carbocycles. The second-order valence-electron chi connectivity index (χ2n) is 6.47. The quantitative estimate of drug-likeness (QED) is 0.745. The van der Waals surface area contributed by atoms with E-state index in [9.17, 15) is 4.79 Å². The van der Waals surface area contributed by atoms with Crippen molar-refractivity contribution in [1.29, 1.82) is 0 Å². The minimum atomic E-state index is -0.569. The smallest absolute Gasteiger partial charge is 0.265 e. The molecule has 1 aliphatic rings. The van der Waals surface area contributed by atoms with Gasteiger partial charge in [-0.15, -0.1) is 0 Å². The number of anilines is 1. The molecule has 3 rings (SSSR count). The Hall–Kier alpha value is -2.75. The van der Waals surface area contributed by atoms with Gasteiger partial charge < -0.3 is 14.8 Å². The number of carbonyl (C=O) groups is 1. The lowest BCUT2D eigenvalue weighted by Crippen LogP contribution is -2.30. The normalized spacial score (nSPS) is 14.0. The number of ether oxygens (including phenoxy) is 2. The third-order valence-corrected chi connectivity index (χ3v) is 4.52. The Bertz CT molecular complexity index is 767. The van der Waals surface area contributed by atoms with Gasteiger partial charge in [-0.2, -0.15) is 0 Å². The molecule has 136 valence electrons. The van der Waals surface area contributed by atoms with E-state index >= 15 is 0 Å². The van der Waals surface area contributed by atoms with E-state index in [1.54, 1.807) is 13.0 Å². The van der Waals surface area contributed by atoms with Gasteiger partial charge in [0.2, 0.25) is 0 Å². The standard InChI is InChI=1S/C22H25NO3/c1-3-15-25-19-13-11-18(12-14-19)23-22(24)16(2)26-21-10-6-8-17-7-4-5-9-20(17)21/h3,6,8,10-14,16H,1,4-5,7,9,15H2,2H3,(H,23,24)/t16-/m0/s1. The number of nitrogens with one attached hydrogen (secondary N) is 1. The fourth-order valence-electron chi connectivity index (χ4n) is 3.13. The molecule has 0 aromatic heterocycles. The summed E-state index contributed by atoms with van der Waals surface area (Å²) in [5.41, 5.74) is 3.31. The van der Waals surface area contributed by atoms with Crippen molar-refractivity contribution in [1.82, 2.24) is 0 Å². The first kappa shape index (κ1) is 18.1. The molecule has 4 nitrogen and oxygen atoms in total. The van der Waals surface area contributed by atoms with Crippen LogP contribution in [-0.4, -0.2) is 18.6 Å². The maximum absolute atomic E-state index is 12.5. The largest absolute Gasteiger partial charge is 0.490 e. The van der Waals surface area contributed by atoms with E-state index in [1.165, 1.54) is 24.0 Å². The number of rotatable bonds is 7. The number of amides is 1. The molecule has 0 unspecified atom stereocenters. The van der Waals surface area contributed by atoms with Gasteiger partial charge in [0.25, 0.3) is 5.91 Å². The zero-order valence-electron chi connectivity index (χ0n) is 15.2. The van der Waals surface area contributed by atoms with E-state index in [0.717, 1.165) is 24.3 Å². The third kappa shape index (κ3) is 4.45. The number of fused-ring (bicyclic) bond motifs is 1. The van der Waals surface area contributed by atoms with Crippen LogP contribution in [-0.2, 0) is 17.6 Å². The third-order valence-electron chi connectivity index (χ3n) is 4.52. The minimum absolute atomic E-state index is 0.168. The maximum atomic E-state index is 12.5. The van der Waals surface area contributed by atoms with Crippen molar-refractivity contribution in [2.24, 2.45) is 0 Å². The molecular formula is C22H25NO3. The topological polar surface area (TPSA) is 47.6 Å². The SMILES string of the molecule is C=CCOc1ccc(NC(=O)[C@H](C)Oc2cccc3c2CCCC3)cc1. The molecule has 2 aromatic rings. The molecule has 0 saturated carbocycles. The molecule has 0 saturated heterocycles. The summed E-state index contributed by atoms with van der Waals surface area (Å²) in [4.78, 5) is 12.5. The van der Waals surface area contributed by atoms with Crippen LogP contribution in [0.25, 0.3) is 0 Å². The van der Waals surface area contributed by atoms with Crippen LogP contribution in [0, 0.1) is 0 Å². The molecule has 0 aliphatic heterocycles. The molecule has 0 radical (unpaired) electrons. The Balaban J connectivity index is 1.61. The predicted octanol–water partition coefficient (Wildman–Crippen LogP) is 4.54. The predicted molar refractivity (Wildman–Crippen MR) is 104 cm³/mol. The fraction of sp³-hybridized carbons (Fsp3) is 0.318. The zero-order valence-corrected chi connectivity index (χ0v) is 15.2. The highest BCUT2D eigenvalue weighted by atomic mass is 16.5. The van der Waals surface area contributed by atoms with Gasteiger partial charge in [-0.3, -0.25) is 4.79 Å². The first-order valence-corrected chi connectivity index (χ1v) is 9.09. The van der Waals surface area contributed by atoms with Crippen LogP contribution in [0.4, 0.5) is 5.69 Å². The Morgan fingerprint density at radius 1 is 1.19 bits per heavy atom. The van der Waals surface area contributed by atoms with Gasteiger partial charge >= 0.3 is 0 Å². The van der Waals surface area contributed by atoms with Crippen LogP contribution >= 0.6 is 0 Å². The second-order valence-corrected chi connectivity index (χ2v) is 6.47. The number of benzene rings is 2. The average molecular weight is 351 g/mol. The van der Waals surface area contributed by atoms with E-state index in [0.29, 0.717) is 12.3 Å². The van der Waals surface area contributed by atoms with Gasteiger partial charge in [-0.1, -0.05) is 24.8 Å². The van der Waals surface area contributed by atoms with Crippen LogP contribution in [0.15, 0.2) is 55.1 Å². The van der Waals surface area contributed by atoms with E-state index in [4.69, 9.17) is 9.47 Å². The summed E-state index contributed by atoms with van der Waals surface area (Å²) in [6.45, 7) is 5.85. The van der Waals surface area contributed by atoms with Crippen molar-refractivity contribution in [2.45, 2.75) is 38.7 Å². The molecule has 0 bridgehead atoms. The average Bonchev–Trinajstić information content (AvgIpc) is 2.67. The molecule has 0 fully saturated rings. The molecule has 0 heterocycles. The zero-order chi connectivity index (χ0) is 18.4. The van der Waals surface area contributed by atoms with Crippen molar-refractivity contribution in [2.75, 3.05) is 11.9 Å². The highest BCUT2D eigenvalue weighted by Crippen LogP contribution is 2.30. The van der Waals surface area contributed by atoms with Gasteiger partial charge in [-0.05, 0) is 74.1 Å². The van der Waals surface area contributed by atoms with Crippen LogP contribution < -0.4 is 14.8 Å². The molecule has 1 amide bonds. The van der Waals surface area contributed by atoms with Crippen molar-refractivity contribution in [3.63, 3.8) is 0 Å². The second kappa shape index (κ2) is 8.56. The fourth-order valence-corrected chi connectivity index (χ4v) is 3.13. The molecule has 26 heavy (non-hydrogen) atoms. The number of hydrogen-bond donors (Lipinski definition) is 1. The van der Waals surface area contributed by atoms with Gasteiger partial charge in [0.05, 0.1) is 0 Å². The first-order chi connectivity index (χ1) is 12.7. The molecule has 0 spiro atoms. The number of carbonyl (C=O) groups excluding carboxylic acids is 1. The van der Waals surface area contributed by atoms with Crippen LogP contribution in [0.5, 0.6) is 11.5 Å². The van der Waals surface area contributed by atoms with Crippen LogP contribution in [0.3, 0.4) is 0 Å². The summed E-state index contributed by atoms with van der Waals surface area (Å²) < 4.78 is 11.4. The number of aryl methyl sites for hydroxylation is 1. The van der Waals surface area contributed by atoms with E-state index in [-0.39, 0.29) is 5.91 Å². The highest BCUT2D eigenvalue weighted by molar-refractivity contribution is 5.94. The first-order valence-electron chi connectivity index (χ1n) is 9.09. The lowest BCUT2D eigenvalue weighted by Gasteiger charge is -2.22. The van der Waals surface area contributed by atoms with Crippen molar-refractivity contribution < 1.29 is 14.3 Å². The molecule has 1 N–H and O–H groups in total. The van der Waals surface area contributed by atoms with Crippen molar-refractivity contribution in [3.05, 3.63) is 66.2 Å². The van der Waals surface area contributed by atoms with E-state index in [2.05, 4.69) is 18.0 Å². The Morgan fingerprint density at radius 2 is 1.96 bits per heavy atom. The monoisotopic (exact) mass is 351 g/mol. The van der Waals surface area contributed by atoms with E-state index in [1.807, 2.05) is 36.4 Å². The lowest BCUT2D eigenvalue weighted by molar-refractivity contribution is -0.122. The lowest BCUT2D eigenvalue weighted by atomic mass is 9.91. The van der Waals surface area contributed by atoms with Gasteiger partial charge in [0, 0.05) is 5.69 Å². The molecule has 1 atom stereocenters. The summed E-state index contributed by atoms with van der Waals surface area (Å²) in [7, 11) is 0. The Kier molecular flexibility index (Phi) is 5.95. The van der Waals surface area contributed by atoms with E-state index < -0.39 is 6.10 Å². The van der Waals surface area contributed by atoms with Crippen molar-refractivity contribution in [3.8, 4) is 11.5 Å². The maximum Gasteiger partial charge on any atom is 0.265 e. The molecule has 4 heteroatoms. The summed E-state index contributed by atoms with van der Waals surface area (Å²) in [6.07, 6.45) is 5.63. The van der Waals surface area contributed by atoms with Gasteiger partial charge in [-0.25, -0.2) is 0 Å². The van der Waals surface area contributed by atoms with Crippen molar-refractivity contribution >= 4 is 11.6 Å².